The molecule has 0 atom stereocenters. The molecule has 4 aliphatic rings. The molecule has 2 N–H and O–H groups in total. The van der Waals surface area contributed by atoms with Crippen molar-refractivity contribution in [3.05, 3.63) is 17.7 Å². The quantitative estimate of drug-likeness (QED) is 0.753. The van der Waals surface area contributed by atoms with E-state index in [2.05, 4.69) is 10.6 Å². The fourth-order valence-corrected chi connectivity index (χ4v) is 5.92. The summed E-state index contributed by atoms with van der Waals surface area (Å²) >= 11 is 0. The Morgan fingerprint density at radius 2 is 1.46 bits per heavy atom. The van der Waals surface area contributed by atoms with Gasteiger partial charge in [0.15, 0.2) is 11.5 Å². The first-order valence-electron chi connectivity index (χ1n) is 9.88. The van der Waals surface area contributed by atoms with Crippen LogP contribution < -0.4 is 20.1 Å². The Morgan fingerprint density at radius 1 is 0.929 bits per heavy atom. The Kier molecular flexibility index (Phi) is 4.85. The molecule has 0 aliphatic heterocycles. The van der Waals surface area contributed by atoms with Crippen LogP contribution >= 0.6 is 0 Å². The lowest BCUT2D eigenvalue weighted by Crippen LogP contribution is -2.60. The van der Waals surface area contributed by atoms with Gasteiger partial charge in [0.05, 0.1) is 32.6 Å². The Hall–Kier alpha value is -2.44. The molecular weight excluding hydrogens is 360 g/mol. The zero-order valence-corrected chi connectivity index (χ0v) is 16.7. The molecule has 4 bridgehead atoms. The molecule has 0 heterocycles. The van der Waals surface area contributed by atoms with Crippen LogP contribution in [-0.2, 0) is 4.74 Å². The number of carbonyl (C=O) groups is 2. The van der Waals surface area contributed by atoms with Gasteiger partial charge in [0.25, 0.3) is 0 Å². The molecule has 0 spiro atoms. The summed E-state index contributed by atoms with van der Waals surface area (Å²) < 4.78 is 15.4. The predicted molar refractivity (Wildman–Crippen MR) is 104 cm³/mol. The first kappa shape index (κ1) is 18.9. The van der Waals surface area contributed by atoms with Crippen LogP contribution in [0.4, 0.5) is 10.5 Å². The second kappa shape index (κ2) is 7.18. The minimum Gasteiger partial charge on any atom is -0.493 e. The standard InChI is InChI=1S/C21H28N2O5/c1-26-17-7-15(19(24)28-3)16(8-18(17)27-2)22-20(25)23-21-9-12-4-13(10-21)6-14(5-12)11-21/h7-8,12-14H,4-6,9-11H2,1-3H3,(H2,22,23,25). The maximum Gasteiger partial charge on any atom is 0.340 e. The molecule has 1 aromatic carbocycles. The van der Waals surface area contributed by atoms with Gasteiger partial charge < -0.3 is 24.8 Å². The van der Waals surface area contributed by atoms with Crippen LogP contribution in [-0.4, -0.2) is 38.9 Å². The molecule has 7 nitrogen and oxygen atoms in total. The summed E-state index contributed by atoms with van der Waals surface area (Å²) in [6, 6.07) is 2.81. The van der Waals surface area contributed by atoms with Gasteiger partial charge in [-0.15, -0.1) is 0 Å². The van der Waals surface area contributed by atoms with Crippen LogP contribution in [0.25, 0.3) is 0 Å². The summed E-state index contributed by atoms with van der Waals surface area (Å²) in [6.07, 6.45) is 7.10. The van der Waals surface area contributed by atoms with Crippen LogP contribution in [0.2, 0.25) is 0 Å². The number of anilines is 1. The number of ether oxygens (including phenoxy) is 3. The Labute approximate surface area is 165 Å². The second-order valence-electron chi connectivity index (χ2n) is 8.52. The number of carbonyl (C=O) groups excluding carboxylic acids is 2. The third kappa shape index (κ3) is 3.38. The van der Waals surface area contributed by atoms with Crippen LogP contribution in [0.15, 0.2) is 12.1 Å². The van der Waals surface area contributed by atoms with E-state index < -0.39 is 5.97 Å². The average Bonchev–Trinajstić information content (AvgIpc) is 2.65. The molecule has 152 valence electrons. The van der Waals surface area contributed by atoms with E-state index in [4.69, 9.17) is 14.2 Å². The van der Waals surface area contributed by atoms with Gasteiger partial charge >= 0.3 is 12.0 Å². The van der Waals surface area contributed by atoms with Gasteiger partial charge in [-0.25, -0.2) is 9.59 Å². The fraction of sp³-hybridized carbons (Fsp3) is 0.619. The van der Waals surface area contributed by atoms with Crippen LogP contribution in [0, 0.1) is 17.8 Å². The van der Waals surface area contributed by atoms with Crippen molar-refractivity contribution in [2.75, 3.05) is 26.6 Å². The molecule has 28 heavy (non-hydrogen) atoms. The molecule has 4 aliphatic carbocycles. The lowest BCUT2D eigenvalue weighted by atomic mass is 9.53. The molecule has 5 rings (SSSR count). The molecule has 4 saturated carbocycles. The zero-order chi connectivity index (χ0) is 19.9. The van der Waals surface area contributed by atoms with E-state index in [9.17, 15) is 9.59 Å². The zero-order valence-electron chi connectivity index (χ0n) is 16.7. The summed E-state index contributed by atoms with van der Waals surface area (Å²) in [6.45, 7) is 0. The summed E-state index contributed by atoms with van der Waals surface area (Å²) in [5.74, 6) is 2.48. The van der Waals surface area contributed by atoms with Crippen molar-refractivity contribution in [2.45, 2.75) is 44.1 Å². The molecule has 0 saturated heterocycles. The van der Waals surface area contributed by atoms with Gasteiger partial charge in [0.2, 0.25) is 0 Å². The van der Waals surface area contributed by atoms with Crippen molar-refractivity contribution in [1.82, 2.24) is 5.32 Å². The van der Waals surface area contributed by atoms with Crippen molar-refractivity contribution >= 4 is 17.7 Å². The third-order valence-corrected chi connectivity index (χ3v) is 6.59. The predicted octanol–water partition coefficient (Wildman–Crippen LogP) is 3.58. The molecule has 0 radical (unpaired) electrons. The van der Waals surface area contributed by atoms with Crippen molar-refractivity contribution in [1.29, 1.82) is 0 Å². The van der Waals surface area contributed by atoms with Crippen molar-refractivity contribution in [2.24, 2.45) is 17.8 Å². The van der Waals surface area contributed by atoms with Gasteiger partial charge in [-0.3, -0.25) is 0 Å². The van der Waals surface area contributed by atoms with E-state index in [1.54, 1.807) is 6.07 Å². The minimum atomic E-state index is -0.550. The first-order chi connectivity index (χ1) is 13.4. The summed E-state index contributed by atoms with van der Waals surface area (Å²) in [7, 11) is 4.30. The SMILES string of the molecule is COC(=O)c1cc(OC)c(OC)cc1NC(=O)NC12CC3CC(CC(C3)C1)C2. The maximum absolute atomic E-state index is 12.9. The highest BCUT2D eigenvalue weighted by Gasteiger charge is 2.51. The lowest BCUT2D eigenvalue weighted by molar-refractivity contribution is -0.0127. The number of methoxy groups -OCH3 is 3. The van der Waals surface area contributed by atoms with Gasteiger partial charge in [0, 0.05) is 17.7 Å². The number of esters is 1. The van der Waals surface area contributed by atoms with E-state index >= 15 is 0 Å². The van der Waals surface area contributed by atoms with Crippen LogP contribution in [0.1, 0.15) is 48.9 Å². The molecular formula is C21H28N2O5. The van der Waals surface area contributed by atoms with E-state index in [1.807, 2.05) is 0 Å². The van der Waals surface area contributed by atoms with Gasteiger partial charge in [-0.2, -0.15) is 0 Å². The average molecular weight is 388 g/mol. The first-order valence-corrected chi connectivity index (χ1v) is 9.88. The largest absolute Gasteiger partial charge is 0.493 e. The van der Waals surface area contributed by atoms with E-state index in [0.717, 1.165) is 37.0 Å². The number of nitrogens with one attached hydrogen (secondary N) is 2. The van der Waals surface area contributed by atoms with E-state index in [0.29, 0.717) is 17.2 Å². The highest BCUT2D eigenvalue weighted by atomic mass is 16.5. The molecule has 7 heteroatoms. The number of benzene rings is 1. The highest BCUT2D eigenvalue weighted by Crippen LogP contribution is 2.55. The molecule has 4 fully saturated rings. The maximum atomic E-state index is 12.9. The van der Waals surface area contributed by atoms with E-state index in [-0.39, 0.29) is 17.1 Å². The molecule has 2 amide bonds. The van der Waals surface area contributed by atoms with Crippen molar-refractivity contribution in [3.63, 3.8) is 0 Å². The minimum absolute atomic E-state index is 0.110. The molecule has 0 unspecified atom stereocenters. The number of rotatable bonds is 5. The number of hydrogen-bond acceptors (Lipinski definition) is 5. The third-order valence-electron chi connectivity index (χ3n) is 6.59. The summed E-state index contributed by atoms with van der Waals surface area (Å²) in [5, 5.41) is 6.09. The van der Waals surface area contributed by atoms with Gasteiger partial charge in [-0.1, -0.05) is 0 Å². The lowest BCUT2D eigenvalue weighted by Gasteiger charge is -2.56. The van der Waals surface area contributed by atoms with Gasteiger partial charge in [0.1, 0.15) is 0 Å². The monoisotopic (exact) mass is 388 g/mol. The molecule has 0 aromatic heterocycles. The topological polar surface area (TPSA) is 85.9 Å². The van der Waals surface area contributed by atoms with Gasteiger partial charge in [-0.05, 0) is 56.3 Å². The summed E-state index contributed by atoms with van der Waals surface area (Å²) in [4.78, 5) is 25.1. The number of hydrogen-bond donors (Lipinski definition) is 2. The Morgan fingerprint density at radius 3 is 1.96 bits per heavy atom. The van der Waals surface area contributed by atoms with E-state index in [1.165, 1.54) is 46.7 Å². The number of amides is 2. The van der Waals surface area contributed by atoms with Crippen LogP contribution in [0.5, 0.6) is 11.5 Å². The van der Waals surface area contributed by atoms with Crippen molar-refractivity contribution in [3.8, 4) is 11.5 Å². The Bertz CT molecular complexity index is 756. The normalized spacial score (nSPS) is 29.9. The number of urea groups is 1. The summed E-state index contributed by atoms with van der Waals surface area (Å²) in [5.41, 5.74) is 0.452. The smallest absolute Gasteiger partial charge is 0.340 e. The Balaban J connectivity index is 1.55. The van der Waals surface area contributed by atoms with Crippen LogP contribution in [0.3, 0.4) is 0 Å². The van der Waals surface area contributed by atoms with Crippen molar-refractivity contribution < 1.29 is 23.8 Å². The second-order valence-corrected chi connectivity index (χ2v) is 8.52. The molecule has 1 aromatic rings. The fourth-order valence-electron chi connectivity index (χ4n) is 5.92. The highest BCUT2D eigenvalue weighted by molar-refractivity contribution is 6.02.